The van der Waals surface area contributed by atoms with Crippen LogP contribution in [0.5, 0.6) is 0 Å². The Morgan fingerprint density at radius 3 is 2.72 bits per heavy atom. The van der Waals surface area contributed by atoms with E-state index in [1.807, 2.05) is 0 Å². The fourth-order valence-corrected chi connectivity index (χ4v) is 4.70. The SMILES string of the molecule is CNC1CCCCCC1CN1CCSC(C)C1C. The maximum atomic E-state index is 3.58. The molecule has 0 amide bonds. The van der Waals surface area contributed by atoms with Gasteiger partial charge in [-0.3, -0.25) is 4.90 Å². The largest absolute Gasteiger partial charge is 0.317 e. The highest BCUT2D eigenvalue weighted by Gasteiger charge is 2.30. The van der Waals surface area contributed by atoms with E-state index in [-0.39, 0.29) is 0 Å². The fraction of sp³-hybridized carbons (Fsp3) is 1.00. The van der Waals surface area contributed by atoms with Crippen molar-refractivity contribution in [2.45, 2.75) is 63.3 Å². The van der Waals surface area contributed by atoms with Gasteiger partial charge in [-0.2, -0.15) is 11.8 Å². The molecule has 2 aliphatic rings. The maximum absolute atomic E-state index is 3.58. The molecule has 106 valence electrons. The van der Waals surface area contributed by atoms with Crippen LogP contribution in [0.25, 0.3) is 0 Å². The summed E-state index contributed by atoms with van der Waals surface area (Å²) >= 11 is 2.15. The molecule has 4 atom stereocenters. The Bertz CT molecular complexity index is 247. The molecule has 1 saturated carbocycles. The van der Waals surface area contributed by atoms with Gasteiger partial charge in [-0.15, -0.1) is 0 Å². The molecule has 18 heavy (non-hydrogen) atoms. The second-order valence-corrected chi connectivity index (χ2v) is 7.59. The van der Waals surface area contributed by atoms with Crippen LogP contribution in [-0.4, -0.2) is 48.1 Å². The van der Waals surface area contributed by atoms with Gasteiger partial charge in [0.1, 0.15) is 0 Å². The highest BCUT2D eigenvalue weighted by Crippen LogP contribution is 2.29. The van der Waals surface area contributed by atoms with E-state index in [9.17, 15) is 0 Å². The summed E-state index contributed by atoms with van der Waals surface area (Å²) in [5, 5.41) is 4.38. The van der Waals surface area contributed by atoms with Crippen LogP contribution in [0.15, 0.2) is 0 Å². The van der Waals surface area contributed by atoms with Crippen molar-refractivity contribution >= 4 is 11.8 Å². The Labute approximate surface area is 117 Å². The van der Waals surface area contributed by atoms with Crippen molar-refractivity contribution < 1.29 is 0 Å². The number of rotatable bonds is 3. The zero-order valence-corrected chi connectivity index (χ0v) is 13.1. The standard InChI is InChI=1S/C15H30N2S/c1-12-13(2)18-10-9-17(12)11-14-7-5-4-6-8-15(14)16-3/h12-16H,4-11H2,1-3H3. The highest BCUT2D eigenvalue weighted by molar-refractivity contribution is 8.00. The molecule has 0 radical (unpaired) electrons. The van der Waals surface area contributed by atoms with E-state index in [0.29, 0.717) is 0 Å². The van der Waals surface area contributed by atoms with E-state index in [1.165, 1.54) is 50.9 Å². The predicted octanol–water partition coefficient (Wildman–Crippen LogP) is 2.98. The molecular formula is C15H30N2S. The van der Waals surface area contributed by atoms with Crippen molar-refractivity contribution in [2.75, 3.05) is 25.9 Å². The summed E-state index contributed by atoms with van der Waals surface area (Å²) in [5.41, 5.74) is 0. The number of hydrogen-bond acceptors (Lipinski definition) is 3. The normalized spacial score (nSPS) is 39.5. The molecule has 0 aromatic rings. The lowest BCUT2D eigenvalue weighted by Gasteiger charge is -2.40. The van der Waals surface area contributed by atoms with Gasteiger partial charge in [-0.1, -0.05) is 26.2 Å². The van der Waals surface area contributed by atoms with Gasteiger partial charge in [0, 0.05) is 36.2 Å². The van der Waals surface area contributed by atoms with Crippen LogP contribution < -0.4 is 5.32 Å². The van der Waals surface area contributed by atoms with Crippen LogP contribution in [-0.2, 0) is 0 Å². The minimum absolute atomic E-state index is 0.754. The second-order valence-electron chi connectivity index (χ2n) is 6.10. The zero-order valence-electron chi connectivity index (χ0n) is 12.3. The van der Waals surface area contributed by atoms with Crippen molar-refractivity contribution in [3.05, 3.63) is 0 Å². The second kappa shape index (κ2) is 7.16. The van der Waals surface area contributed by atoms with Gasteiger partial charge in [-0.05, 0) is 32.7 Å². The Morgan fingerprint density at radius 1 is 1.17 bits per heavy atom. The van der Waals surface area contributed by atoms with Crippen molar-refractivity contribution in [1.29, 1.82) is 0 Å². The Kier molecular flexibility index (Phi) is 5.84. The third kappa shape index (κ3) is 3.64. The van der Waals surface area contributed by atoms with E-state index in [1.54, 1.807) is 0 Å². The molecule has 1 aliphatic heterocycles. The zero-order chi connectivity index (χ0) is 13.0. The molecule has 2 fully saturated rings. The summed E-state index contributed by atoms with van der Waals surface area (Å²) in [5.74, 6) is 2.19. The van der Waals surface area contributed by atoms with Crippen LogP contribution in [0.1, 0.15) is 46.0 Å². The van der Waals surface area contributed by atoms with Gasteiger partial charge >= 0.3 is 0 Å². The van der Waals surface area contributed by atoms with E-state index >= 15 is 0 Å². The summed E-state index contributed by atoms with van der Waals surface area (Å²) in [6.07, 6.45) is 7.11. The summed E-state index contributed by atoms with van der Waals surface area (Å²) < 4.78 is 0. The van der Waals surface area contributed by atoms with Gasteiger partial charge in [0.05, 0.1) is 0 Å². The van der Waals surface area contributed by atoms with E-state index in [4.69, 9.17) is 0 Å². The van der Waals surface area contributed by atoms with Gasteiger partial charge in [0.15, 0.2) is 0 Å². The smallest absolute Gasteiger partial charge is 0.0184 e. The first kappa shape index (κ1) is 14.7. The quantitative estimate of drug-likeness (QED) is 0.794. The van der Waals surface area contributed by atoms with Gasteiger partial charge in [0.2, 0.25) is 0 Å². The fourth-order valence-electron chi connectivity index (χ4n) is 3.54. The molecule has 1 saturated heterocycles. The van der Waals surface area contributed by atoms with Crippen molar-refractivity contribution in [1.82, 2.24) is 10.2 Å². The molecule has 2 rings (SSSR count). The molecular weight excluding hydrogens is 240 g/mol. The van der Waals surface area contributed by atoms with Gasteiger partial charge in [-0.25, -0.2) is 0 Å². The molecule has 0 bridgehead atoms. The van der Waals surface area contributed by atoms with Crippen LogP contribution in [0.3, 0.4) is 0 Å². The lowest BCUT2D eigenvalue weighted by molar-refractivity contribution is 0.157. The van der Waals surface area contributed by atoms with E-state index < -0.39 is 0 Å². The van der Waals surface area contributed by atoms with Crippen LogP contribution >= 0.6 is 11.8 Å². The van der Waals surface area contributed by atoms with Crippen LogP contribution in [0.4, 0.5) is 0 Å². The number of nitrogens with one attached hydrogen (secondary N) is 1. The average Bonchev–Trinajstić information content (AvgIpc) is 2.60. The van der Waals surface area contributed by atoms with Crippen molar-refractivity contribution in [3.8, 4) is 0 Å². The maximum Gasteiger partial charge on any atom is 0.0184 e. The monoisotopic (exact) mass is 270 g/mol. The topological polar surface area (TPSA) is 15.3 Å². The molecule has 1 heterocycles. The summed E-state index contributed by atoms with van der Waals surface area (Å²) in [7, 11) is 2.15. The Hall–Kier alpha value is 0.270. The minimum atomic E-state index is 0.754. The Morgan fingerprint density at radius 2 is 1.94 bits per heavy atom. The van der Waals surface area contributed by atoms with Crippen molar-refractivity contribution in [3.63, 3.8) is 0 Å². The Balaban J connectivity index is 1.92. The van der Waals surface area contributed by atoms with E-state index in [2.05, 4.69) is 42.9 Å². The minimum Gasteiger partial charge on any atom is -0.317 e. The third-order valence-electron chi connectivity index (χ3n) is 5.01. The molecule has 4 unspecified atom stereocenters. The predicted molar refractivity (Wildman–Crippen MR) is 82.4 cm³/mol. The summed E-state index contributed by atoms with van der Waals surface area (Å²) in [4.78, 5) is 2.75. The lowest BCUT2D eigenvalue weighted by Crippen LogP contribution is -2.49. The lowest BCUT2D eigenvalue weighted by atomic mass is 9.93. The highest BCUT2D eigenvalue weighted by atomic mass is 32.2. The summed E-state index contributed by atoms with van der Waals surface area (Å²) in [6.45, 7) is 7.42. The molecule has 0 aromatic heterocycles. The third-order valence-corrected chi connectivity index (χ3v) is 6.35. The van der Waals surface area contributed by atoms with Gasteiger partial charge < -0.3 is 5.32 Å². The first-order valence-corrected chi connectivity index (χ1v) is 8.80. The molecule has 1 aliphatic carbocycles. The van der Waals surface area contributed by atoms with Gasteiger partial charge in [0.25, 0.3) is 0 Å². The first-order valence-electron chi connectivity index (χ1n) is 7.75. The number of thioether (sulfide) groups is 1. The first-order chi connectivity index (χ1) is 8.72. The van der Waals surface area contributed by atoms with Crippen LogP contribution in [0, 0.1) is 5.92 Å². The molecule has 1 N–H and O–H groups in total. The van der Waals surface area contributed by atoms with E-state index in [0.717, 1.165) is 23.3 Å². The molecule has 0 spiro atoms. The summed E-state index contributed by atoms with van der Waals surface area (Å²) in [6, 6.07) is 1.51. The molecule has 0 aromatic carbocycles. The molecule has 2 nitrogen and oxygen atoms in total. The van der Waals surface area contributed by atoms with Crippen LogP contribution in [0.2, 0.25) is 0 Å². The average molecular weight is 270 g/mol. The number of nitrogens with zero attached hydrogens (tertiary/aromatic N) is 1. The molecule has 3 heteroatoms. The number of hydrogen-bond donors (Lipinski definition) is 1. The van der Waals surface area contributed by atoms with Crippen molar-refractivity contribution in [2.24, 2.45) is 5.92 Å².